The summed E-state index contributed by atoms with van der Waals surface area (Å²) >= 11 is 0. The lowest BCUT2D eigenvalue weighted by molar-refractivity contribution is -0.742. The highest BCUT2D eigenvalue weighted by atomic mass is 16.9. The first kappa shape index (κ1) is 12.8. The van der Waals surface area contributed by atoms with Gasteiger partial charge in [0.2, 0.25) is 0 Å². The molecule has 0 bridgehead atoms. The second kappa shape index (κ2) is 7.27. The molecular weight excluding hydrogens is 150 g/mol. The number of nitrogens with zero attached hydrogens (tertiary/aromatic N) is 1. The Kier molecular flexibility index (Phi) is 8.46. The van der Waals surface area contributed by atoms with Crippen LogP contribution in [0.4, 0.5) is 0 Å². The number of ether oxygens (including phenoxy) is 1. The molecule has 0 saturated heterocycles. The van der Waals surface area contributed by atoms with Crippen molar-refractivity contribution in [2.75, 3.05) is 0 Å². The lowest BCUT2D eigenvalue weighted by Gasteiger charge is -2.09. The first-order chi connectivity index (χ1) is 4.86. The Morgan fingerprint density at radius 1 is 1.27 bits per heavy atom. The fraction of sp³-hybridized carbons (Fsp3) is 1.00. The molecule has 0 aliphatic rings. The van der Waals surface area contributed by atoms with Crippen LogP contribution in [0.15, 0.2) is 0 Å². The Balaban J connectivity index is 0. The fourth-order valence-electron chi connectivity index (χ4n) is 0.544. The van der Waals surface area contributed by atoms with Gasteiger partial charge >= 0.3 is 0 Å². The zero-order valence-electron chi connectivity index (χ0n) is 7.27. The van der Waals surface area contributed by atoms with Gasteiger partial charge in [-0.05, 0) is 27.7 Å². The molecule has 5 heteroatoms. The SMILES string of the molecule is CC(C)OC(C)C.O=[N+]([O-])O. The molecule has 11 heavy (non-hydrogen) atoms. The van der Waals surface area contributed by atoms with Gasteiger partial charge in [0.25, 0.3) is 5.09 Å². The van der Waals surface area contributed by atoms with Crippen molar-refractivity contribution in [1.82, 2.24) is 0 Å². The summed E-state index contributed by atoms with van der Waals surface area (Å²) in [4.78, 5) is 8.36. The van der Waals surface area contributed by atoms with Gasteiger partial charge in [0, 0.05) is 0 Å². The average Bonchev–Trinajstić information content (AvgIpc) is 1.56. The molecule has 0 aromatic rings. The van der Waals surface area contributed by atoms with E-state index in [2.05, 4.69) is 0 Å². The van der Waals surface area contributed by atoms with Gasteiger partial charge in [-0.1, -0.05) is 0 Å². The molecule has 0 amide bonds. The van der Waals surface area contributed by atoms with Crippen LogP contribution in [0.1, 0.15) is 27.7 Å². The normalized spacial score (nSPS) is 9.27. The molecule has 5 nitrogen and oxygen atoms in total. The molecule has 0 saturated carbocycles. The van der Waals surface area contributed by atoms with Crippen molar-refractivity contribution in [2.45, 2.75) is 39.9 Å². The third-order valence-corrected chi connectivity index (χ3v) is 0.544. The molecule has 0 fully saturated rings. The molecule has 0 radical (unpaired) electrons. The zero-order chi connectivity index (χ0) is 9.44. The van der Waals surface area contributed by atoms with E-state index < -0.39 is 5.09 Å². The fourth-order valence-corrected chi connectivity index (χ4v) is 0.544. The number of rotatable bonds is 2. The van der Waals surface area contributed by atoms with Crippen LogP contribution in [0.2, 0.25) is 0 Å². The Morgan fingerprint density at radius 2 is 1.45 bits per heavy atom. The van der Waals surface area contributed by atoms with Gasteiger partial charge in [0.05, 0.1) is 12.2 Å². The van der Waals surface area contributed by atoms with E-state index in [0.29, 0.717) is 12.2 Å². The van der Waals surface area contributed by atoms with Crippen molar-refractivity contribution in [3.8, 4) is 0 Å². The Bertz CT molecular complexity index is 92.8. The van der Waals surface area contributed by atoms with Crippen molar-refractivity contribution in [1.29, 1.82) is 0 Å². The van der Waals surface area contributed by atoms with Gasteiger partial charge in [0.15, 0.2) is 0 Å². The minimum atomic E-state index is -1.50. The van der Waals surface area contributed by atoms with E-state index in [1.54, 1.807) is 0 Å². The minimum Gasteiger partial charge on any atom is -0.376 e. The van der Waals surface area contributed by atoms with Crippen LogP contribution in [0.5, 0.6) is 0 Å². The number of hydrogen-bond donors (Lipinski definition) is 1. The third kappa shape index (κ3) is 47.0. The van der Waals surface area contributed by atoms with Gasteiger partial charge in [-0.25, -0.2) is 0 Å². The second-order valence-electron chi connectivity index (χ2n) is 2.47. The van der Waals surface area contributed by atoms with E-state index in [-0.39, 0.29) is 0 Å². The van der Waals surface area contributed by atoms with E-state index in [9.17, 15) is 0 Å². The Morgan fingerprint density at radius 3 is 1.45 bits per heavy atom. The van der Waals surface area contributed by atoms with Gasteiger partial charge in [-0.3, -0.25) is 0 Å². The van der Waals surface area contributed by atoms with E-state index in [0.717, 1.165) is 0 Å². The van der Waals surface area contributed by atoms with Crippen molar-refractivity contribution >= 4 is 0 Å². The zero-order valence-corrected chi connectivity index (χ0v) is 7.27. The van der Waals surface area contributed by atoms with Crippen molar-refractivity contribution in [3.63, 3.8) is 0 Å². The van der Waals surface area contributed by atoms with Crippen molar-refractivity contribution < 1.29 is 15.0 Å². The lowest BCUT2D eigenvalue weighted by Crippen LogP contribution is -2.09. The molecule has 0 spiro atoms. The molecule has 0 aromatic heterocycles. The van der Waals surface area contributed by atoms with Crippen molar-refractivity contribution in [3.05, 3.63) is 10.1 Å². The van der Waals surface area contributed by atoms with E-state index in [1.165, 1.54) is 0 Å². The maximum atomic E-state index is 8.36. The maximum Gasteiger partial charge on any atom is 0.291 e. The van der Waals surface area contributed by atoms with Crippen LogP contribution < -0.4 is 0 Å². The summed E-state index contributed by atoms with van der Waals surface area (Å²) in [7, 11) is 0. The molecular formula is C6H15NO4. The first-order valence-corrected chi connectivity index (χ1v) is 3.35. The average molecular weight is 165 g/mol. The summed E-state index contributed by atoms with van der Waals surface area (Å²) in [6.45, 7) is 8.17. The van der Waals surface area contributed by atoms with Crippen LogP contribution in [-0.2, 0) is 4.74 Å². The molecule has 0 unspecified atom stereocenters. The molecule has 0 rings (SSSR count). The van der Waals surface area contributed by atoms with Crippen LogP contribution in [0.3, 0.4) is 0 Å². The van der Waals surface area contributed by atoms with E-state index >= 15 is 0 Å². The Hall–Kier alpha value is -0.840. The molecule has 0 aliphatic carbocycles. The van der Waals surface area contributed by atoms with Gasteiger partial charge in [-0.15, -0.1) is 10.1 Å². The summed E-state index contributed by atoms with van der Waals surface area (Å²) in [5, 5.41) is 13.6. The molecule has 0 atom stereocenters. The smallest absolute Gasteiger partial charge is 0.291 e. The Labute approximate surface area is 66.1 Å². The topological polar surface area (TPSA) is 72.6 Å². The van der Waals surface area contributed by atoms with Crippen LogP contribution in [0, 0.1) is 10.1 Å². The highest BCUT2D eigenvalue weighted by molar-refractivity contribution is 4.40. The summed E-state index contributed by atoms with van der Waals surface area (Å²) < 4.78 is 5.25. The van der Waals surface area contributed by atoms with Gasteiger partial charge in [0.1, 0.15) is 0 Å². The standard InChI is InChI=1S/C6H14O.HNO3/c1-5(2)7-6(3)4;2-1(3)4/h5-6H,1-4H3;(H,2,3,4). The minimum absolute atomic E-state index is 0.375. The highest BCUT2D eigenvalue weighted by Crippen LogP contribution is 1.93. The summed E-state index contributed by atoms with van der Waals surface area (Å²) in [6, 6.07) is 0. The quantitative estimate of drug-likeness (QED) is 0.496. The molecule has 1 N–H and O–H groups in total. The predicted molar refractivity (Wildman–Crippen MR) is 40.1 cm³/mol. The van der Waals surface area contributed by atoms with E-state index in [4.69, 9.17) is 20.1 Å². The van der Waals surface area contributed by atoms with Crippen LogP contribution in [0.25, 0.3) is 0 Å². The maximum absolute atomic E-state index is 8.36. The van der Waals surface area contributed by atoms with Crippen molar-refractivity contribution in [2.24, 2.45) is 0 Å². The largest absolute Gasteiger partial charge is 0.376 e. The monoisotopic (exact) mass is 165 g/mol. The summed E-state index contributed by atoms with van der Waals surface area (Å²) in [6.07, 6.45) is 0.750. The second-order valence-corrected chi connectivity index (χ2v) is 2.47. The molecule has 0 aliphatic heterocycles. The highest BCUT2D eigenvalue weighted by Gasteiger charge is 1.94. The predicted octanol–water partition coefficient (Wildman–Crippen LogP) is 1.47. The third-order valence-electron chi connectivity index (χ3n) is 0.544. The first-order valence-electron chi connectivity index (χ1n) is 3.35. The lowest BCUT2D eigenvalue weighted by atomic mass is 10.4. The number of hydrogen-bond acceptors (Lipinski definition) is 3. The van der Waals surface area contributed by atoms with Crippen LogP contribution in [-0.4, -0.2) is 22.5 Å². The van der Waals surface area contributed by atoms with Crippen LogP contribution >= 0.6 is 0 Å². The molecule has 68 valence electrons. The van der Waals surface area contributed by atoms with Gasteiger partial charge < -0.3 is 9.94 Å². The molecule has 0 aromatic carbocycles. The van der Waals surface area contributed by atoms with E-state index in [1.807, 2.05) is 27.7 Å². The summed E-state index contributed by atoms with van der Waals surface area (Å²) in [5.41, 5.74) is 0. The van der Waals surface area contributed by atoms with Gasteiger partial charge in [-0.2, -0.15) is 0 Å². The molecule has 0 heterocycles. The summed E-state index contributed by atoms with van der Waals surface area (Å²) in [5.74, 6) is 0.